The molecule has 0 saturated carbocycles. The van der Waals surface area contributed by atoms with E-state index in [1.54, 1.807) is 5.38 Å². The van der Waals surface area contributed by atoms with Gasteiger partial charge in [0, 0.05) is 19.6 Å². The van der Waals surface area contributed by atoms with Gasteiger partial charge in [0.05, 0.1) is 6.54 Å². The molecule has 13 nitrogen and oxygen atoms in total. The van der Waals surface area contributed by atoms with Gasteiger partial charge < -0.3 is 19.6 Å². The number of methoxy groups -OCH3 is 2. The highest BCUT2D eigenvalue weighted by molar-refractivity contribution is 7.14. The van der Waals surface area contributed by atoms with Gasteiger partial charge in [0.2, 0.25) is 5.95 Å². The van der Waals surface area contributed by atoms with E-state index in [4.69, 9.17) is 19.3 Å². The Hall–Kier alpha value is -5.44. The Balaban J connectivity index is 1.53. The SMILES string of the molecule is CON=C(C(=O)Nc1n[nH]c(=O)c(=O)n1CC(OC)OC)c1csc(NC(c2ccccc2)(c2ccccc2)c2ccccc2)n1. The second-order valence-electron chi connectivity index (χ2n) is 9.78. The molecule has 236 valence electrons. The molecule has 0 spiro atoms. The highest BCUT2D eigenvalue weighted by atomic mass is 32.1. The Morgan fingerprint density at radius 2 is 1.46 bits per heavy atom. The maximum atomic E-state index is 13.5. The van der Waals surface area contributed by atoms with Crippen molar-refractivity contribution in [2.24, 2.45) is 5.16 Å². The van der Waals surface area contributed by atoms with Crippen LogP contribution in [0.15, 0.2) is 111 Å². The molecule has 3 aromatic carbocycles. The fraction of sp³-hybridized carbons (Fsp3) is 0.188. The van der Waals surface area contributed by atoms with Crippen LogP contribution in [0.4, 0.5) is 11.1 Å². The number of hydrogen-bond donors (Lipinski definition) is 3. The van der Waals surface area contributed by atoms with Crippen molar-refractivity contribution in [3.8, 4) is 0 Å². The molecule has 0 saturated heterocycles. The molecule has 0 aliphatic carbocycles. The predicted octanol–water partition coefficient (Wildman–Crippen LogP) is 3.40. The average Bonchev–Trinajstić information content (AvgIpc) is 3.56. The third-order valence-corrected chi connectivity index (χ3v) is 7.86. The summed E-state index contributed by atoms with van der Waals surface area (Å²) in [5, 5.41) is 18.2. The number of hydrogen-bond acceptors (Lipinski definition) is 11. The van der Waals surface area contributed by atoms with Gasteiger partial charge in [-0.1, -0.05) is 96.2 Å². The minimum absolute atomic E-state index is 0.194. The van der Waals surface area contributed by atoms with Gasteiger partial charge >= 0.3 is 11.1 Å². The van der Waals surface area contributed by atoms with E-state index < -0.39 is 28.9 Å². The van der Waals surface area contributed by atoms with Crippen LogP contribution < -0.4 is 21.8 Å². The van der Waals surface area contributed by atoms with Crippen LogP contribution in [-0.4, -0.2) is 59.0 Å². The van der Waals surface area contributed by atoms with Crippen molar-refractivity contribution in [1.82, 2.24) is 19.7 Å². The first-order valence-electron chi connectivity index (χ1n) is 14.0. The lowest BCUT2D eigenvalue weighted by atomic mass is 9.77. The first-order chi connectivity index (χ1) is 22.4. The quantitative estimate of drug-likeness (QED) is 0.0575. The van der Waals surface area contributed by atoms with Gasteiger partial charge in [0.1, 0.15) is 18.3 Å². The Morgan fingerprint density at radius 3 is 1.96 bits per heavy atom. The molecule has 5 rings (SSSR count). The standard InChI is InChI=1S/C32H31N7O6S/c1-43-25(44-2)19-39-29(42)28(41)36-37-30(39)34-27(40)26(38-45-3)24-20-46-31(33-24)35-32(21-13-7-4-8-14-21,22-15-9-5-10-16-22)23-17-11-6-12-18-23/h4-18,20,25H,19H2,1-3H3,(H,33,35)(H,36,41)(H,34,37,40). The largest absolute Gasteiger partial charge is 0.398 e. The van der Waals surface area contributed by atoms with Crippen LogP contribution in [0.2, 0.25) is 0 Å². The fourth-order valence-electron chi connectivity index (χ4n) is 4.93. The number of H-pyrrole nitrogens is 1. The summed E-state index contributed by atoms with van der Waals surface area (Å²) in [6, 6.07) is 30.0. The molecule has 46 heavy (non-hydrogen) atoms. The summed E-state index contributed by atoms with van der Waals surface area (Å²) in [5.74, 6) is -1.06. The number of aromatic amines is 1. The lowest BCUT2D eigenvalue weighted by molar-refractivity contribution is -0.112. The lowest BCUT2D eigenvalue weighted by Crippen LogP contribution is -2.42. The zero-order valence-corrected chi connectivity index (χ0v) is 26.0. The summed E-state index contributed by atoms with van der Waals surface area (Å²) in [6.45, 7) is -0.222. The number of amides is 1. The molecule has 3 N–H and O–H groups in total. The van der Waals surface area contributed by atoms with Crippen molar-refractivity contribution in [2.45, 2.75) is 18.4 Å². The topological polar surface area (TPSA) is 162 Å². The smallest absolute Gasteiger partial charge is 0.330 e. The third kappa shape index (κ3) is 6.63. The summed E-state index contributed by atoms with van der Waals surface area (Å²) in [7, 11) is 4.04. The first-order valence-corrected chi connectivity index (χ1v) is 14.9. The van der Waals surface area contributed by atoms with Gasteiger partial charge in [0.15, 0.2) is 17.1 Å². The minimum atomic E-state index is -0.983. The van der Waals surface area contributed by atoms with Gasteiger partial charge in [-0.25, -0.2) is 10.1 Å². The highest BCUT2D eigenvalue weighted by Crippen LogP contribution is 2.40. The van der Waals surface area contributed by atoms with Gasteiger partial charge in [0.25, 0.3) is 5.91 Å². The Labute approximate surface area is 267 Å². The molecule has 5 aromatic rings. The molecule has 0 atom stereocenters. The van der Waals surface area contributed by atoms with Crippen molar-refractivity contribution in [2.75, 3.05) is 32.0 Å². The van der Waals surface area contributed by atoms with E-state index in [0.717, 1.165) is 21.3 Å². The summed E-state index contributed by atoms with van der Waals surface area (Å²) in [6.07, 6.45) is -0.893. The molecule has 0 radical (unpaired) electrons. The maximum Gasteiger partial charge on any atom is 0.330 e. The molecule has 0 bridgehead atoms. The van der Waals surface area contributed by atoms with Crippen molar-refractivity contribution in [1.29, 1.82) is 0 Å². The van der Waals surface area contributed by atoms with Gasteiger partial charge in [-0.3, -0.25) is 24.3 Å². The maximum absolute atomic E-state index is 13.5. The van der Waals surface area contributed by atoms with Crippen LogP contribution in [0.5, 0.6) is 0 Å². The second-order valence-corrected chi connectivity index (χ2v) is 10.6. The van der Waals surface area contributed by atoms with E-state index >= 15 is 0 Å². The van der Waals surface area contributed by atoms with E-state index in [0.29, 0.717) is 5.13 Å². The molecule has 0 aliphatic rings. The zero-order valence-electron chi connectivity index (χ0n) is 25.2. The van der Waals surface area contributed by atoms with Gasteiger partial charge in [-0.15, -0.1) is 16.4 Å². The summed E-state index contributed by atoms with van der Waals surface area (Å²) >= 11 is 1.27. The van der Waals surface area contributed by atoms with Gasteiger partial charge in [-0.2, -0.15) is 0 Å². The third-order valence-electron chi connectivity index (χ3n) is 7.10. The molecular formula is C32H31N7O6S. The van der Waals surface area contributed by atoms with Crippen LogP contribution in [0.3, 0.4) is 0 Å². The summed E-state index contributed by atoms with van der Waals surface area (Å²) in [5.41, 5.74) is 0.117. The molecule has 0 aliphatic heterocycles. The highest BCUT2D eigenvalue weighted by Gasteiger charge is 2.37. The summed E-state index contributed by atoms with van der Waals surface area (Å²) < 4.78 is 11.2. The number of anilines is 2. The Bertz CT molecular complexity index is 1810. The van der Waals surface area contributed by atoms with Crippen molar-refractivity contribution in [3.63, 3.8) is 0 Å². The lowest BCUT2D eigenvalue weighted by Gasteiger charge is -2.36. The number of carbonyl (C=O) groups excluding carboxylic acids is 1. The number of nitrogens with zero attached hydrogens (tertiary/aromatic N) is 4. The van der Waals surface area contributed by atoms with Crippen molar-refractivity contribution < 1.29 is 19.1 Å². The number of carbonyl (C=O) groups is 1. The van der Waals surface area contributed by atoms with Crippen LogP contribution in [0, 0.1) is 0 Å². The molecule has 14 heteroatoms. The van der Waals surface area contributed by atoms with Crippen LogP contribution in [-0.2, 0) is 31.2 Å². The zero-order chi connectivity index (χ0) is 32.5. The molecular weight excluding hydrogens is 610 g/mol. The van der Waals surface area contributed by atoms with Crippen LogP contribution >= 0.6 is 11.3 Å². The van der Waals surface area contributed by atoms with E-state index in [1.807, 2.05) is 91.0 Å². The summed E-state index contributed by atoms with van der Waals surface area (Å²) in [4.78, 5) is 47.9. The number of rotatable bonds is 13. The van der Waals surface area contributed by atoms with Crippen LogP contribution in [0.1, 0.15) is 22.4 Å². The van der Waals surface area contributed by atoms with Crippen molar-refractivity contribution in [3.05, 3.63) is 139 Å². The number of aromatic nitrogens is 4. The minimum Gasteiger partial charge on any atom is -0.398 e. The number of ether oxygens (including phenoxy) is 2. The number of thiazole rings is 1. The monoisotopic (exact) mass is 641 g/mol. The normalized spacial score (nSPS) is 11.8. The first kappa shape index (κ1) is 32.0. The molecule has 0 fully saturated rings. The predicted molar refractivity (Wildman–Crippen MR) is 174 cm³/mol. The van der Waals surface area contributed by atoms with E-state index in [-0.39, 0.29) is 23.9 Å². The fourth-order valence-corrected chi connectivity index (χ4v) is 5.68. The van der Waals surface area contributed by atoms with Gasteiger partial charge in [-0.05, 0) is 16.7 Å². The molecule has 1 amide bonds. The van der Waals surface area contributed by atoms with Crippen LogP contribution in [0.25, 0.3) is 0 Å². The average molecular weight is 642 g/mol. The molecule has 2 aromatic heterocycles. The number of benzene rings is 3. The number of oxime groups is 1. The molecule has 2 heterocycles. The van der Waals surface area contributed by atoms with E-state index in [1.165, 1.54) is 32.7 Å². The van der Waals surface area contributed by atoms with Crippen molar-refractivity contribution >= 4 is 34.0 Å². The Kier molecular flexibility index (Phi) is 10.1. The number of nitrogens with one attached hydrogen (secondary N) is 3. The molecule has 0 unspecified atom stereocenters. The second kappa shape index (κ2) is 14.6. The van der Waals surface area contributed by atoms with E-state index in [2.05, 4.69) is 26.0 Å². The Morgan fingerprint density at radius 1 is 0.913 bits per heavy atom. The van der Waals surface area contributed by atoms with E-state index in [9.17, 15) is 14.4 Å².